The summed E-state index contributed by atoms with van der Waals surface area (Å²) in [5.41, 5.74) is 0.107. The third-order valence-electron chi connectivity index (χ3n) is 7.97. The molecule has 5 aliphatic carbocycles. The van der Waals surface area contributed by atoms with Gasteiger partial charge in [0.1, 0.15) is 0 Å². The van der Waals surface area contributed by atoms with Crippen LogP contribution in [0.2, 0.25) is 0 Å². The molecule has 1 aliphatic heterocycles. The summed E-state index contributed by atoms with van der Waals surface area (Å²) < 4.78 is 2.33. The first-order valence-electron chi connectivity index (χ1n) is 11.8. The van der Waals surface area contributed by atoms with E-state index in [0.29, 0.717) is 11.8 Å². The van der Waals surface area contributed by atoms with Crippen LogP contribution < -0.4 is 10.2 Å². The standard InChI is InChI=1S/C22H33N5OS/c28-19(23-22-11-15-8-16(12-22)10-17(9-15)13-22)14-29-21-25-24-20(27(21)18-4-5-18)26-6-2-1-3-7-26/h15-18H,1-14H2,(H,23,28). The van der Waals surface area contributed by atoms with Crippen molar-refractivity contribution < 1.29 is 4.79 Å². The Kier molecular flexibility index (Phi) is 4.58. The predicted octanol–water partition coefficient (Wildman–Crippen LogP) is 3.78. The molecule has 0 atom stereocenters. The van der Waals surface area contributed by atoms with E-state index in [1.54, 1.807) is 11.8 Å². The highest BCUT2D eigenvalue weighted by atomic mass is 32.2. The van der Waals surface area contributed by atoms with Crippen LogP contribution in [0.5, 0.6) is 0 Å². The van der Waals surface area contributed by atoms with Gasteiger partial charge in [-0.25, -0.2) is 0 Å². The van der Waals surface area contributed by atoms with E-state index in [-0.39, 0.29) is 11.4 Å². The summed E-state index contributed by atoms with van der Waals surface area (Å²) in [5, 5.41) is 13.5. The lowest BCUT2D eigenvalue weighted by Crippen LogP contribution is -2.60. The fraction of sp³-hybridized carbons (Fsp3) is 0.864. The summed E-state index contributed by atoms with van der Waals surface area (Å²) in [6, 6.07) is 0.538. The summed E-state index contributed by atoms with van der Waals surface area (Å²) in [4.78, 5) is 15.3. The number of rotatable bonds is 6. The molecule has 0 radical (unpaired) electrons. The lowest BCUT2D eigenvalue weighted by molar-refractivity contribution is -0.124. The Morgan fingerprint density at radius 2 is 1.66 bits per heavy atom. The summed E-state index contributed by atoms with van der Waals surface area (Å²) in [6.45, 7) is 2.17. The first kappa shape index (κ1) is 18.5. The van der Waals surface area contributed by atoms with E-state index in [0.717, 1.165) is 41.9 Å². The van der Waals surface area contributed by atoms with E-state index < -0.39 is 0 Å². The van der Waals surface area contributed by atoms with Crippen LogP contribution in [0, 0.1) is 17.8 Å². The molecule has 1 N–H and O–H groups in total. The molecule has 0 aromatic carbocycles. The van der Waals surface area contributed by atoms with E-state index in [2.05, 4.69) is 25.0 Å². The van der Waals surface area contributed by atoms with Gasteiger partial charge in [-0.3, -0.25) is 9.36 Å². The van der Waals surface area contributed by atoms with Crippen LogP contribution in [0.25, 0.3) is 0 Å². The maximum atomic E-state index is 12.9. The normalized spacial score (nSPS) is 35.9. The number of anilines is 1. The van der Waals surface area contributed by atoms with Gasteiger partial charge in [0.25, 0.3) is 0 Å². The fourth-order valence-corrected chi connectivity index (χ4v) is 7.86. The number of nitrogens with zero attached hydrogens (tertiary/aromatic N) is 4. The largest absolute Gasteiger partial charge is 0.350 e. The Morgan fingerprint density at radius 1 is 1.00 bits per heavy atom. The second-order valence-electron chi connectivity index (χ2n) is 10.5. The average Bonchev–Trinajstić information content (AvgIpc) is 3.44. The number of aromatic nitrogens is 3. The Morgan fingerprint density at radius 3 is 2.28 bits per heavy atom. The van der Waals surface area contributed by atoms with Crippen molar-refractivity contribution in [3.63, 3.8) is 0 Å². The van der Waals surface area contributed by atoms with Crippen LogP contribution in [0.4, 0.5) is 5.95 Å². The number of nitrogens with one attached hydrogen (secondary N) is 1. The Bertz CT molecular complexity index is 747. The van der Waals surface area contributed by atoms with Crippen LogP contribution in [0.3, 0.4) is 0 Å². The van der Waals surface area contributed by atoms with E-state index in [1.807, 2.05) is 0 Å². The van der Waals surface area contributed by atoms with Crippen LogP contribution in [-0.4, -0.2) is 45.1 Å². The molecule has 2 heterocycles. The molecule has 29 heavy (non-hydrogen) atoms. The molecule has 1 amide bonds. The molecule has 158 valence electrons. The third kappa shape index (κ3) is 3.57. The highest BCUT2D eigenvalue weighted by Crippen LogP contribution is 2.55. The molecule has 6 nitrogen and oxygen atoms in total. The molecule has 7 heteroatoms. The molecule has 1 aromatic rings. The molecule has 4 bridgehead atoms. The number of hydrogen-bond donors (Lipinski definition) is 1. The van der Waals surface area contributed by atoms with Gasteiger partial charge in [-0.2, -0.15) is 0 Å². The first-order chi connectivity index (χ1) is 14.2. The summed E-state index contributed by atoms with van der Waals surface area (Å²) in [7, 11) is 0. The van der Waals surface area contributed by atoms with Crippen LogP contribution in [-0.2, 0) is 4.79 Å². The number of thioether (sulfide) groups is 1. The molecule has 7 rings (SSSR count). The fourth-order valence-electron chi connectivity index (χ4n) is 7.06. The van der Waals surface area contributed by atoms with Crippen LogP contribution in [0.15, 0.2) is 5.16 Å². The highest BCUT2D eigenvalue weighted by Gasteiger charge is 2.51. The van der Waals surface area contributed by atoms with E-state index >= 15 is 0 Å². The van der Waals surface area contributed by atoms with Crippen molar-refractivity contribution in [1.82, 2.24) is 20.1 Å². The minimum Gasteiger partial charge on any atom is -0.350 e. The van der Waals surface area contributed by atoms with Gasteiger partial charge >= 0.3 is 0 Å². The van der Waals surface area contributed by atoms with Crippen LogP contribution >= 0.6 is 11.8 Å². The Labute approximate surface area is 177 Å². The lowest BCUT2D eigenvalue weighted by Gasteiger charge is -2.56. The molecular weight excluding hydrogens is 382 g/mol. The van der Waals surface area contributed by atoms with E-state index in [4.69, 9.17) is 0 Å². The van der Waals surface area contributed by atoms with Crippen molar-refractivity contribution in [2.75, 3.05) is 23.7 Å². The average molecular weight is 416 g/mol. The number of carbonyl (C=O) groups is 1. The van der Waals surface area contributed by atoms with E-state index in [1.165, 1.54) is 70.6 Å². The van der Waals surface area contributed by atoms with Gasteiger partial charge in [-0.05, 0) is 88.4 Å². The number of piperidine rings is 1. The summed E-state index contributed by atoms with van der Waals surface area (Å²) >= 11 is 1.59. The Balaban J connectivity index is 1.12. The maximum Gasteiger partial charge on any atom is 0.230 e. The maximum absolute atomic E-state index is 12.9. The van der Waals surface area contributed by atoms with Gasteiger partial charge in [0, 0.05) is 24.7 Å². The van der Waals surface area contributed by atoms with Crippen molar-refractivity contribution in [1.29, 1.82) is 0 Å². The molecule has 1 saturated heterocycles. The zero-order valence-corrected chi connectivity index (χ0v) is 18.1. The number of carbonyl (C=O) groups excluding carboxylic acids is 1. The third-order valence-corrected chi connectivity index (χ3v) is 8.92. The SMILES string of the molecule is O=C(CSc1nnc(N2CCCCC2)n1C1CC1)NC12CC3CC(CC(C3)C1)C2. The monoisotopic (exact) mass is 415 g/mol. The minimum absolute atomic E-state index is 0.107. The van der Waals surface area contributed by atoms with Gasteiger partial charge < -0.3 is 10.2 Å². The van der Waals surface area contributed by atoms with Crippen LogP contribution in [0.1, 0.15) is 76.7 Å². The van der Waals surface area contributed by atoms with Gasteiger partial charge in [-0.1, -0.05) is 11.8 Å². The molecule has 0 unspecified atom stereocenters. The molecule has 1 aromatic heterocycles. The first-order valence-corrected chi connectivity index (χ1v) is 12.8. The van der Waals surface area contributed by atoms with Gasteiger partial charge in [0.15, 0.2) is 5.16 Å². The zero-order valence-electron chi connectivity index (χ0n) is 17.3. The zero-order chi connectivity index (χ0) is 19.4. The topological polar surface area (TPSA) is 63.1 Å². The summed E-state index contributed by atoms with van der Waals surface area (Å²) in [6.07, 6.45) is 14.1. The molecule has 6 aliphatic rings. The highest BCUT2D eigenvalue weighted by molar-refractivity contribution is 7.99. The van der Waals surface area contributed by atoms with Crippen molar-refractivity contribution >= 4 is 23.6 Å². The van der Waals surface area contributed by atoms with Gasteiger partial charge in [-0.15, -0.1) is 10.2 Å². The number of amides is 1. The van der Waals surface area contributed by atoms with Crippen molar-refractivity contribution in [3.05, 3.63) is 0 Å². The molecule has 6 fully saturated rings. The molecule has 0 spiro atoms. The van der Waals surface area contributed by atoms with Gasteiger partial charge in [0.2, 0.25) is 11.9 Å². The predicted molar refractivity (Wildman–Crippen MR) is 114 cm³/mol. The molecular formula is C22H33N5OS. The van der Waals surface area contributed by atoms with Crippen molar-refractivity contribution in [2.24, 2.45) is 17.8 Å². The smallest absolute Gasteiger partial charge is 0.230 e. The van der Waals surface area contributed by atoms with E-state index in [9.17, 15) is 4.79 Å². The quantitative estimate of drug-likeness (QED) is 0.717. The molecule has 5 saturated carbocycles. The number of hydrogen-bond acceptors (Lipinski definition) is 5. The van der Waals surface area contributed by atoms with Crippen molar-refractivity contribution in [3.8, 4) is 0 Å². The van der Waals surface area contributed by atoms with Gasteiger partial charge in [0.05, 0.1) is 5.75 Å². The second-order valence-corrected chi connectivity index (χ2v) is 11.4. The minimum atomic E-state index is 0.107. The Hall–Kier alpha value is -1.24. The van der Waals surface area contributed by atoms with Crippen molar-refractivity contribution in [2.45, 2.75) is 87.4 Å². The second kappa shape index (κ2) is 7.17. The summed E-state index contributed by atoms with van der Waals surface area (Å²) in [5.74, 6) is 4.28. The lowest BCUT2D eigenvalue weighted by atomic mass is 9.53.